The molecule has 0 N–H and O–H groups in total. The lowest BCUT2D eigenvalue weighted by atomic mass is 9.94. The van der Waals surface area contributed by atoms with E-state index in [0.717, 1.165) is 11.3 Å². The average molecular weight is 218 g/mol. The molecule has 0 bridgehead atoms. The largest absolute Gasteiger partial charge is 0.497 e. The molecule has 16 heavy (non-hydrogen) atoms. The Hall–Kier alpha value is -1.77. The highest BCUT2D eigenvalue weighted by molar-refractivity contribution is 5.90. The summed E-state index contributed by atoms with van der Waals surface area (Å²) in [6.45, 7) is 5.67. The normalized spacial score (nSPS) is 24.4. The minimum atomic E-state index is -0.305. The molecule has 0 radical (unpaired) electrons. The number of benzene rings is 1. The minimum absolute atomic E-state index is 0.0135. The fourth-order valence-corrected chi connectivity index (χ4v) is 1.84. The average Bonchev–Trinajstić information content (AvgIpc) is 2.57. The van der Waals surface area contributed by atoms with Gasteiger partial charge in [0, 0.05) is 11.5 Å². The third-order valence-electron chi connectivity index (χ3n) is 2.92. The van der Waals surface area contributed by atoms with Crippen LogP contribution in [0.15, 0.2) is 36.4 Å². The van der Waals surface area contributed by atoms with Crippen LogP contribution in [0, 0.1) is 5.92 Å². The molecule has 1 aromatic carbocycles. The molecule has 0 amide bonds. The van der Waals surface area contributed by atoms with Crippen LogP contribution in [-0.2, 0) is 9.53 Å². The molecule has 0 spiro atoms. The summed E-state index contributed by atoms with van der Waals surface area (Å²) in [4.78, 5) is 11.4. The van der Waals surface area contributed by atoms with Crippen molar-refractivity contribution in [2.45, 2.75) is 13.0 Å². The highest BCUT2D eigenvalue weighted by Gasteiger charge is 2.36. The molecule has 3 nitrogen and oxygen atoms in total. The van der Waals surface area contributed by atoms with E-state index in [2.05, 4.69) is 6.58 Å². The van der Waals surface area contributed by atoms with E-state index >= 15 is 0 Å². The van der Waals surface area contributed by atoms with Gasteiger partial charge in [0.15, 0.2) is 0 Å². The fourth-order valence-electron chi connectivity index (χ4n) is 1.84. The molecular weight excluding hydrogens is 204 g/mol. The molecule has 2 atom stereocenters. The number of hydrogen-bond donors (Lipinski definition) is 0. The Kier molecular flexibility index (Phi) is 2.69. The van der Waals surface area contributed by atoms with Gasteiger partial charge in [-0.05, 0) is 17.7 Å². The van der Waals surface area contributed by atoms with Crippen molar-refractivity contribution in [2.24, 2.45) is 5.92 Å². The number of carbonyl (C=O) groups is 1. The van der Waals surface area contributed by atoms with Crippen LogP contribution < -0.4 is 4.74 Å². The summed E-state index contributed by atoms with van der Waals surface area (Å²) in [7, 11) is 1.61. The molecule has 2 unspecified atom stereocenters. The lowest BCUT2D eigenvalue weighted by Gasteiger charge is -2.14. The molecule has 0 aromatic heterocycles. The van der Waals surface area contributed by atoms with E-state index in [-0.39, 0.29) is 18.0 Å². The van der Waals surface area contributed by atoms with Gasteiger partial charge in [0.05, 0.1) is 7.11 Å². The zero-order valence-electron chi connectivity index (χ0n) is 9.40. The molecule has 0 saturated carbocycles. The number of ether oxygens (including phenoxy) is 2. The lowest BCUT2D eigenvalue weighted by molar-refractivity contribution is -0.139. The van der Waals surface area contributed by atoms with Gasteiger partial charge in [-0.2, -0.15) is 0 Å². The van der Waals surface area contributed by atoms with Gasteiger partial charge in [0.25, 0.3) is 0 Å². The molecule has 1 aliphatic rings. The van der Waals surface area contributed by atoms with Crippen LogP contribution in [0.4, 0.5) is 0 Å². The van der Waals surface area contributed by atoms with Crippen molar-refractivity contribution >= 4 is 5.97 Å². The van der Waals surface area contributed by atoms with E-state index in [9.17, 15) is 4.79 Å². The second kappa shape index (κ2) is 4.00. The molecule has 3 heteroatoms. The Morgan fingerprint density at radius 2 is 2.19 bits per heavy atom. The molecule has 84 valence electrons. The predicted molar refractivity (Wildman–Crippen MR) is 60.1 cm³/mol. The molecular formula is C13H14O3. The highest BCUT2D eigenvalue weighted by Crippen LogP contribution is 2.38. The molecule has 2 rings (SSSR count). The van der Waals surface area contributed by atoms with Gasteiger partial charge in [-0.15, -0.1) is 0 Å². The zero-order chi connectivity index (χ0) is 11.7. The van der Waals surface area contributed by atoms with Crippen LogP contribution in [0.5, 0.6) is 5.75 Å². The van der Waals surface area contributed by atoms with Gasteiger partial charge in [-0.1, -0.05) is 25.6 Å². The second-order valence-corrected chi connectivity index (χ2v) is 3.92. The first-order valence-electron chi connectivity index (χ1n) is 5.17. The smallest absolute Gasteiger partial charge is 0.334 e. The first-order chi connectivity index (χ1) is 7.63. The SMILES string of the molecule is C=C1C(=O)OC(c2cccc(OC)c2)C1C. The summed E-state index contributed by atoms with van der Waals surface area (Å²) in [5, 5.41) is 0. The van der Waals surface area contributed by atoms with Crippen LogP contribution in [0.25, 0.3) is 0 Å². The molecule has 1 aromatic rings. The van der Waals surface area contributed by atoms with Crippen molar-refractivity contribution in [3.8, 4) is 5.75 Å². The maximum atomic E-state index is 11.4. The maximum absolute atomic E-state index is 11.4. The fraction of sp³-hybridized carbons (Fsp3) is 0.308. The number of methoxy groups -OCH3 is 1. The van der Waals surface area contributed by atoms with Gasteiger partial charge in [0.2, 0.25) is 0 Å². The summed E-state index contributed by atoms with van der Waals surface area (Å²) in [6.07, 6.45) is -0.241. The predicted octanol–water partition coefficient (Wildman–Crippen LogP) is 2.49. The van der Waals surface area contributed by atoms with E-state index in [4.69, 9.17) is 9.47 Å². The Balaban J connectivity index is 2.31. The van der Waals surface area contributed by atoms with E-state index in [1.807, 2.05) is 31.2 Å². The second-order valence-electron chi connectivity index (χ2n) is 3.92. The number of rotatable bonds is 2. The molecule has 0 aliphatic carbocycles. The van der Waals surface area contributed by atoms with Gasteiger partial charge in [0.1, 0.15) is 11.9 Å². The molecule has 1 heterocycles. The van der Waals surface area contributed by atoms with Gasteiger partial charge >= 0.3 is 5.97 Å². The summed E-state index contributed by atoms with van der Waals surface area (Å²) >= 11 is 0. The third kappa shape index (κ3) is 1.69. The van der Waals surface area contributed by atoms with Crippen molar-refractivity contribution in [1.29, 1.82) is 0 Å². The first kappa shape index (κ1) is 10.7. The van der Waals surface area contributed by atoms with Crippen molar-refractivity contribution in [1.82, 2.24) is 0 Å². The van der Waals surface area contributed by atoms with Crippen LogP contribution in [0.3, 0.4) is 0 Å². The zero-order valence-corrected chi connectivity index (χ0v) is 9.40. The summed E-state index contributed by atoms with van der Waals surface area (Å²) in [5.74, 6) is 0.471. The Bertz CT molecular complexity index is 437. The summed E-state index contributed by atoms with van der Waals surface area (Å²) in [6, 6.07) is 7.55. The van der Waals surface area contributed by atoms with E-state index in [1.165, 1.54) is 0 Å². The van der Waals surface area contributed by atoms with Gasteiger partial charge in [-0.3, -0.25) is 0 Å². The Morgan fingerprint density at radius 3 is 2.75 bits per heavy atom. The molecule has 1 saturated heterocycles. The van der Waals surface area contributed by atoms with E-state index in [1.54, 1.807) is 7.11 Å². The monoisotopic (exact) mass is 218 g/mol. The lowest BCUT2D eigenvalue weighted by Crippen LogP contribution is -2.04. The van der Waals surface area contributed by atoms with Crippen LogP contribution in [-0.4, -0.2) is 13.1 Å². The van der Waals surface area contributed by atoms with Crippen molar-refractivity contribution in [2.75, 3.05) is 7.11 Å². The van der Waals surface area contributed by atoms with Crippen molar-refractivity contribution in [3.05, 3.63) is 42.0 Å². The first-order valence-corrected chi connectivity index (χ1v) is 5.17. The third-order valence-corrected chi connectivity index (χ3v) is 2.92. The summed E-state index contributed by atoms with van der Waals surface area (Å²) in [5.41, 5.74) is 1.48. The van der Waals surface area contributed by atoms with Crippen LogP contribution >= 0.6 is 0 Å². The number of carbonyl (C=O) groups excluding carboxylic acids is 1. The molecule has 1 fully saturated rings. The van der Waals surface area contributed by atoms with Crippen LogP contribution in [0.2, 0.25) is 0 Å². The summed E-state index contributed by atoms with van der Waals surface area (Å²) < 4.78 is 10.4. The standard InChI is InChI=1S/C13H14O3/c1-8-9(2)13(14)16-12(8)10-5-4-6-11(7-10)15-3/h4-8,12H,2H2,1,3H3. The van der Waals surface area contributed by atoms with Gasteiger partial charge in [-0.25, -0.2) is 4.79 Å². The number of esters is 1. The topological polar surface area (TPSA) is 35.5 Å². The Morgan fingerprint density at radius 1 is 1.44 bits per heavy atom. The minimum Gasteiger partial charge on any atom is -0.497 e. The maximum Gasteiger partial charge on any atom is 0.334 e. The van der Waals surface area contributed by atoms with E-state index < -0.39 is 0 Å². The molecule has 1 aliphatic heterocycles. The quantitative estimate of drug-likeness (QED) is 0.565. The van der Waals surface area contributed by atoms with Crippen molar-refractivity contribution < 1.29 is 14.3 Å². The van der Waals surface area contributed by atoms with Gasteiger partial charge < -0.3 is 9.47 Å². The van der Waals surface area contributed by atoms with Crippen molar-refractivity contribution in [3.63, 3.8) is 0 Å². The number of hydrogen-bond acceptors (Lipinski definition) is 3. The Labute approximate surface area is 94.7 Å². The highest BCUT2D eigenvalue weighted by atomic mass is 16.6. The number of cyclic esters (lactones) is 1. The van der Waals surface area contributed by atoms with E-state index in [0.29, 0.717) is 5.57 Å². The van der Waals surface area contributed by atoms with Crippen LogP contribution in [0.1, 0.15) is 18.6 Å².